The number of fused-ring (bicyclic) bond motifs is 2. The summed E-state index contributed by atoms with van der Waals surface area (Å²) < 4.78 is 7.52. The van der Waals surface area contributed by atoms with Gasteiger partial charge in [0.15, 0.2) is 6.04 Å². The van der Waals surface area contributed by atoms with Gasteiger partial charge in [-0.2, -0.15) is 0 Å². The number of anilines is 1. The highest BCUT2D eigenvalue weighted by Gasteiger charge is 2.37. The van der Waals surface area contributed by atoms with Crippen LogP contribution in [0.15, 0.2) is 77.3 Å². The van der Waals surface area contributed by atoms with Gasteiger partial charge in [0.2, 0.25) is 5.91 Å². The Kier molecular flexibility index (Phi) is 6.33. The maximum atomic E-state index is 14.1. The molecule has 3 heterocycles. The van der Waals surface area contributed by atoms with Crippen molar-refractivity contribution in [2.45, 2.75) is 51.2 Å². The van der Waals surface area contributed by atoms with E-state index >= 15 is 0 Å². The molecule has 1 N–H and O–H groups in total. The average Bonchev–Trinajstić information content (AvgIpc) is 3.69. The fraction of sp³-hybridized carbons (Fsp3) is 0.276. The molecule has 9 heteroatoms. The summed E-state index contributed by atoms with van der Waals surface area (Å²) in [5, 5.41) is 12.4. The molecule has 9 nitrogen and oxygen atoms in total. The summed E-state index contributed by atoms with van der Waals surface area (Å²) in [7, 11) is 0. The molecule has 0 radical (unpaired) electrons. The molecule has 3 aromatic heterocycles. The van der Waals surface area contributed by atoms with Crippen molar-refractivity contribution in [3.63, 3.8) is 0 Å². The molecule has 2 amide bonds. The number of hydrogen-bond acceptors (Lipinski definition) is 6. The van der Waals surface area contributed by atoms with Gasteiger partial charge in [0.05, 0.1) is 22.9 Å². The lowest BCUT2D eigenvalue weighted by Gasteiger charge is -2.30. The summed E-state index contributed by atoms with van der Waals surface area (Å²) >= 11 is 0. The molecule has 0 aliphatic heterocycles. The minimum Gasteiger partial charge on any atom is -0.464 e. The fourth-order valence-electron chi connectivity index (χ4n) is 5.19. The van der Waals surface area contributed by atoms with E-state index in [1.807, 2.05) is 61.5 Å². The molecule has 6 rings (SSSR count). The van der Waals surface area contributed by atoms with E-state index in [-0.39, 0.29) is 24.4 Å². The van der Waals surface area contributed by atoms with Crippen molar-refractivity contribution in [1.82, 2.24) is 25.3 Å². The largest absolute Gasteiger partial charge is 0.464 e. The minimum absolute atomic E-state index is 0.0759. The molecule has 0 bridgehead atoms. The van der Waals surface area contributed by atoms with Gasteiger partial charge in [0.1, 0.15) is 23.6 Å². The fourth-order valence-corrected chi connectivity index (χ4v) is 5.19. The van der Waals surface area contributed by atoms with Crippen LogP contribution in [0.4, 0.5) is 5.69 Å². The number of furan rings is 1. The number of aromatic nitrogens is 4. The second-order valence-electron chi connectivity index (χ2n) is 9.73. The second kappa shape index (κ2) is 10.1. The Balaban J connectivity index is 1.45. The number of pyridine rings is 1. The summed E-state index contributed by atoms with van der Waals surface area (Å²) in [5.74, 6) is 0.433. The smallest absolute Gasteiger partial charge is 0.251 e. The van der Waals surface area contributed by atoms with Crippen LogP contribution in [0.2, 0.25) is 0 Å². The van der Waals surface area contributed by atoms with E-state index in [2.05, 4.69) is 20.6 Å². The molecular weight excluding hydrogens is 480 g/mol. The first-order chi connectivity index (χ1) is 18.6. The number of carbonyl (C=O) groups is 2. The quantitative estimate of drug-likeness (QED) is 0.341. The van der Waals surface area contributed by atoms with Crippen molar-refractivity contribution >= 4 is 39.4 Å². The van der Waals surface area contributed by atoms with Gasteiger partial charge < -0.3 is 9.73 Å². The van der Waals surface area contributed by atoms with Crippen LogP contribution in [0.5, 0.6) is 0 Å². The summed E-state index contributed by atoms with van der Waals surface area (Å²) in [6, 6.07) is 19.6. The topological polar surface area (TPSA) is 106 Å². The first kappa shape index (κ1) is 23.8. The van der Waals surface area contributed by atoms with Crippen LogP contribution >= 0.6 is 0 Å². The van der Waals surface area contributed by atoms with Crippen LogP contribution < -0.4 is 10.2 Å². The monoisotopic (exact) mass is 508 g/mol. The Morgan fingerprint density at radius 3 is 2.61 bits per heavy atom. The highest BCUT2D eigenvalue weighted by atomic mass is 16.3. The molecule has 1 aliphatic rings. The molecule has 0 saturated heterocycles. The maximum absolute atomic E-state index is 14.1. The minimum atomic E-state index is -1.02. The molecule has 1 atom stereocenters. The summed E-state index contributed by atoms with van der Waals surface area (Å²) in [6.07, 6.45) is 5.63. The van der Waals surface area contributed by atoms with E-state index in [4.69, 9.17) is 4.42 Å². The summed E-state index contributed by atoms with van der Waals surface area (Å²) in [5.41, 5.74) is 2.72. The highest BCUT2D eigenvalue weighted by molar-refractivity contribution is 6.02. The highest BCUT2D eigenvalue weighted by Crippen LogP contribution is 2.32. The van der Waals surface area contributed by atoms with Crippen LogP contribution in [-0.2, 0) is 16.1 Å². The van der Waals surface area contributed by atoms with Crippen molar-refractivity contribution in [1.29, 1.82) is 0 Å². The number of amides is 2. The van der Waals surface area contributed by atoms with Gasteiger partial charge in [-0.15, -0.1) is 5.10 Å². The van der Waals surface area contributed by atoms with Gasteiger partial charge in [-0.05, 0) is 56.2 Å². The first-order valence-corrected chi connectivity index (χ1v) is 12.9. The van der Waals surface area contributed by atoms with E-state index in [9.17, 15) is 9.59 Å². The third-order valence-electron chi connectivity index (χ3n) is 7.07. The SMILES string of the molecule is Cc1ccc(C(C(=O)NC2CCCC2)N(C(=O)Cn2nnc3ccccc32)c2cnc3ccccc3c2)o1. The molecule has 1 unspecified atom stereocenters. The lowest BCUT2D eigenvalue weighted by molar-refractivity contribution is -0.127. The zero-order chi connectivity index (χ0) is 26.1. The van der Waals surface area contributed by atoms with Gasteiger partial charge in [0, 0.05) is 11.4 Å². The molecule has 192 valence electrons. The number of carbonyl (C=O) groups excluding carboxylic acids is 2. The number of rotatable bonds is 7. The Bertz CT molecular complexity index is 1620. The zero-order valence-electron chi connectivity index (χ0n) is 21.1. The third-order valence-corrected chi connectivity index (χ3v) is 7.07. The van der Waals surface area contributed by atoms with E-state index < -0.39 is 6.04 Å². The molecule has 1 aliphatic carbocycles. The van der Waals surface area contributed by atoms with Crippen LogP contribution in [0.3, 0.4) is 0 Å². The van der Waals surface area contributed by atoms with Gasteiger partial charge in [-0.1, -0.05) is 48.4 Å². The molecular formula is C29H28N6O3. The Hall–Kier alpha value is -4.53. The van der Waals surface area contributed by atoms with Crippen molar-refractivity contribution in [3.05, 3.63) is 84.4 Å². The zero-order valence-corrected chi connectivity index (χ0v) is 21.1. The molecule has 0 spiro atoms. The first-order valence-electron chi connectivity index (χ1n) is 12.9. The van der Waals surface area contributed by atoms with Crippen molar-refractivity contribution in [3.8, 4) is 0 Å². The molecule has 1 fully saturated rings. The normalized spacial score (nSPS) is 14.7. The Morgan fingerprint density at radius 1 is 1.05 bits per heavy atom. The van der Waals surface area contributed by atoms with Gasteiger partial charge in [0.25, 0.3) is 5.91 Å². The van der Waals surface area contributed by atoms with Crippen LogP contribution in [0.1, 0.15) is 43.2 Å². The van der Waals surface area contributed by atoms with E-state index in [1.54, 1.807) is 23.0 Å². The van der Waals surface area contributed by atoms with Gasteiger partial charge in [-0.3, -0.25) is 19.5 Å². The lowest BCUT2D eigenvalue weighted by atomic mass is 10.1. The number of nitrogens with zero attached hydrogens (tertiary/aromatic N) is 5. The van der Waals surface area contributed by atoms with E-state index in [1.165, 1.54) is 4.90 Å². The number of benzene rings is 2. The Morgan fingerprint density at radius 2 is 1.82 bits per heavy atom. The summed E-state index contributed by atoms with van der Waals surface area (Å²) in [4.78, 5) is 34.1. The molecule has 2 aromatic carbocycles. The third kappa shape index (κ3) is 4.63. The van der Waals surface area contributed by atoms with Crippen LogP contribution in [0.25, 0.3) is 21.9 Å². The molecule has 5 aromatic rings. The van der Waals surface area contributed by atoms with Crippen molar-refractivity contribution in [2.75, 3.05) is 4.90 Å². The van der Waals surface area contributed by atoms with Crippen LogP contribution in [0, 0.1) is 6.92 Å². The number of hydrogen-bond donors (Lipinski definition) is 1. The predicted molar refractivity (Wildman–Crippen MR) is 143 cm³/mol. The standard InChI is InChI=1S/C29H28N6O3/c1-19-14-15-26(38-19)28(29(37)31-21-9-3-4-10-21)35(22-16-20-8-2-5-11-23(20)30-17-22)27(36)18-34-25-13-7-6-12-24(25)32-33-34/h2,5-8,11-17,21,28H,3-4,9-10,18H2,1H3,(H,31,37). The molecule has 1 saturated carbocycles. The Labute approximate surface area is 219 Å². The van der Waals surface area contributed by atoms with Gasteiger partial charge >= 0.3 is 0 Å². The number of para-hydroxylation sites is 2. The van der Waals surface area contributed by atoms with Crippen molar-refractivity contribution in [2.24, 2.45) is 0 Å². The average molecular weight is 509 g/mol. The summed E-state index contributed by atoms with van der Waals surface area (Å²) in [6.45, 7) is 1.71. The number of aryl methyl sites for hydroxylation is 1. The van der Waals surface area contributed by atoms with Crippen molar-refractivity contribution < 1.29 is 14.0 Å². The second-order valence-corrected chi connectivity index (χ2v) is 9.73. The predicted octanol–water partition coefficient (Wildman–Crippen LogP) is 4.71. The lowest BCUT2D eigenvalue weighted by Crippen LogP contribution is -2.47. The van der Waals surface area contributed by atoms with Crippen LogP contribution in [-0.4, -0.2) is 37.8 Å². The van der Waals surface area contributed by atoms with E-state index in [0.717, 1.165) is 42.1 Å². The van der Waals surface area contributed by atoms with Gasteiger partial charge in [-0.25, -0.2) is 4.68 Å². The maximum Gasteiger partial charge on any atom is 0.251 e. The number of nitrogens with one attached hydrogen (secondary N) is 1. The molecule has 38 heavy (non-hydrogen) atoms. The van der Waals surface area contributed by atoms with E-state index in [0.29, 0.717) is 22.7 Å².